The molecule has 0 atom stereocenters. The number of sulfonamides is 1. The van der Waals surface area contributed by atoms with Crippen LogP contribution in [-0.2, 0) is 10.0 Å². The second-order valence-electron chi connectivity index (χ2n) is 5.10. The number of rotatable bonds is 4. The first kappa shape index (κ1) is 14.0. The lowest BCUT2D eigenvalue weighted by molar-refractivity contribution is 0.603. The minimum absolute atomic E-state index is 0.168. The first-order chi connectivity index (χ1) is 10.5. The maximum absolute atomic E-state index is 12.4. The Balaban J connectivity index is 1.74. The summed E-state index contributed by atoms with van der Waals surface area (Å²) in [4.78, 5) is 4.46. The number of nitrogens with zero attached hydrogens (tertiary/aromatic N) is 3. The number of halogens is 1. The lowest BCUT2D eigenvalue weighted by atomic mass is 10.4. The molecular formula is C13H11ClN4O2S2. The van der Waals surface area contributed by atoms with E-state index in [-0.39, 0.29) is 4.21 Å². The highest BCUT2D eigenvalue weighted by Gasteiger charge is 2.28. The Hall–Kier alpha value is -1.64. The van der Waals surface area contributed by atoms with Gasteiger partial charge in [0.2, 0.25) is 0 Å². The summed E-state index contributed by atoms with van der Waals surface area (Å²) in [5, 5.41) is 4.39. The predicted octanol–water partition coefficient (Wildman–Crippen LogP) is 3.12. The van der Waals surface area contributed by atoms with Crippen LogP contribution in [0.2, 0.25) is 4.34 Å². The molecule has 0 aromatic carbocycles. The van der Waals surface area contributed by atoms with Crippen LogP contribution < -0.4 is 4.72 Å². The highest BCUT2D eigenvalue weighted by Crippen LogP contribution is 2.38. The molecule has 114 valence electrons. The summed E-state index contributed by atoms with van der Waals surface area (Å²) >= 11 is 6.82. The third kappa shape index (κ3) is 2.47. The standard InChI is InChI=1S/C13H11ClN4O2S2/c14-10-5-6-11(21-10)22(19,20)17-9-2-1-7-18-13(9)15-12(16-18)8-3-4-8/h1-2,5-8,17H,3-4H2. The topological polar surface area (TPSA) is 76.4 Å². The molecule has 1 aliphatic carbocycles. The van der Waals surface area contributed by atoms with Gasteiger partial charge in [0, 0.05) is 12.1 Å². The van der Waals surface area contributed by atoms with Crippen molar-refractivity contribution in [2.45, 2.75) is 23.0 Å². The van der Waals surface area contributed by atoms with E-state index < -0.39 is 10.0 Å². The summed E-state index contributed by atoms with van der Waals surface area (Å²) in [6.07, 6.45) is 3.94. The summed E-state index contributed by atoms with van der Waals surface area (Å²) in [5.74, 6) is 1.17. The van der Waals surface area contributed by atoms with E-state index in [0.717, 1.165) is 30.0 Å². The van der Waals surface area contributed by atoms with Gasteiger partial charge >= 0.3 is 0 Å². The highest BCUT2D eigenvalue weighted by molar-refractivity contribution is 7.94. The van der Waals surface area contributed by atoms with E-state index in [2.05, 4.69) is 14.8 Å². The molecule has 0 saturated heterocycles. The Morgan fingerprint density at radius 2 is 2.14 bits per heavy atom. The zero-order chi connectivity index (χ0) is 15.3. The average Bonchev–Trinajstić information content (AvgIpc) is 3.06. The Labute approximate surface area is 135 Å². The molecule has 0 spiro atoms. The maximum atomic E-state index is 12.4. The molecule has 4 rings (SSSR count). The molecule has 0 amide bonds. The van der Waals surface area contributed by atoms with Crippen LogP contribution in [-0.4, -0.2) is 23.0 Å². The third-order valence-electron chi connectivity index (χ3n) is 3.38. The molecule has 1 saturated carbocycles. The fourth-order valence-corrected chi connectivity index (χ4v) is 4.70. The van der Waals surface area contributed by atoms with Crippen molar-refractivity contribution in [3.63, 3.8) is 0 Å². The van der Waals surface area contributed by atoms with Crippen LogP contribution in [0.25, 0.3) is 5.65 Å². The minimum atomic E-state index is -3.68. The molecule has 3 aromatic rings. The number of anilines is 1. The van der Waals surface area contributed by atoms with Gasteiger partial charge < -0.3 is 0 Å². The van der Waals surface area contributed by atoms with E-state index >= 15 is 0 Å². The lowest BCUT2D eigenvalue weighted by Gasteiger charge is -2.06. The molecule has 6 nitrogen and oxygen atoms in total. The molecule has 3 aromatic heterocycles. The van der Waals surface area contributed by atoms with Crippen molar-refractivity contribution in [3.05, 3.63) is 40.6 Å². The average molecular weight is 355 g/mol. The van der Waals surface area contributed by atoms with E-state index in [9.17, 15) is 8.42 Å². The Kier molecular flexibility index (Phi) is 3.14. The maximum Gasteiger partial charge on any atom is 0.271 e. The normalized spacial score (nSPS) is 15.3. The molecule has 0 unspecified atom stereocenters. The van der Waals surface area contributed by atoms with Crippen LogP contribution in [0.15, 0.2) is 34.7 Å². The number of pyridine rings is 1. The van der Waals surface area contributed by atoms with Gasteiger partial charge in [-0.05, 0) is 37.1 Å². The quantitative estimate of drug-likeness (QED) is 0.781. The van der Waals surface area contributed by atoms with Crippen LogP contribution in [0.4, 0.5) is 5.69 Å². The lowest BCUT2D eigenvalue weighted by Crippen LogP contribution is -2.12. The van der Waals surface area contributed by atoms with E-state index in [4.69, 9.17) is 11.6 Å². The molecule has 3 heterocycles. The Morgan fingerprint density at radius 3 is 2.82 bits per heavy atom. The number of thiophene rings is 1. The summed E-state index contributed by atoms with van der Waals surface area (Å²) in [6.45, 7) is 0. The van der Waals surface area contributed by atoms with Gasteiger partial charge in [-0.3, -0.25) is 4.72 Å². The molecule has 1 aliphatic rings. The van der Waals surface area contributed by atoms with E-state index in [1.807, 2.05) is 0 Å². The largest absolute Gasteiger partial charge is 0.275 e. The molecule has 0 radical (unpaired) electrons. The first-order valence-corrected chi connectivity index (χ1v) is 9.34. The monoisotopic (exact) mass is 354 g/mol. The number of fused-ring (bicyclic) bond motifs is 1. The van der Waals surface area contributed by atoms with Crippen molar-refractivity contribution >= 4 is 44.3 Å². The van der Waals surface area contributed by atoms with Crippen LogP contribution in [0.3, 0.4) is 0 Å². The minimum Gasteiger partial charge on any atom is -0.275 e. The number of aromatic nitrogens is 3. The van der Waals surface area contributed by atoms with Gasteiger partial charge in [-0.25, -0.2) is 17.9 Å². The molecule has 9 heteroatoms. The molecule has 22 heavy (non-hydrogen) atoms. The van der Waals surface area contributed by atoms with Crippen molar-refractivity contribution in [1.29, 1.82) is 0 Å². The predicted molar refractivity (Wildman–Crippen MR) is 85.1 cm³/mol. The van der Waals surface area contributed by atoms with Gasteiger partial charge in [0.1, 0.15) is 4.21 Å². The van der Waals surface area contributed by atoms with Crippen molar-refractivity contribution in [3.8, 4) is 0 Å². The summed E-state index contributed by atoms with van der Waals surface area (Å²) in [5.41, 5.74) is 0.919. The Morgan fingerprint density at radius 1 is 1.32 bits per heavy atom. The van der Waals surface area contributed by atoms with E-state index in [1.54, 1.807) is 28.9 Å². The number of nitrogens with one attached hydrogen (secondary N) is 1. The SMILES string of the molecule is O=S(=O)(Nc1cccn2nc(C3CC3)nc12)c1ccc(Cl)s1. The molecule has 0 bridgehead atoms. The van der Waals surface area contributed by atoms with E-state index in [0.29, 0.717) is 21.6 Å². The van der Waals surface area contributed by atoms with Gasteiger partial charge in [0.05, 0.1) is 10.0 Å². The van der Waals surface area contributed by atoms with Gasteiger partial charge in [-0.1, -0.05) is 11.6 Å². The first-order valence-electron chi connectivity index (χ1n) is 6.66. The van der Waals surface area contributed by atoms with Crippen LogP contribution >= 0.6 is 22.9 Å². The second-order valence-corrected chi connectivity index (χ2v) is 8.72. The smallest absolute Gasteiger partial charge is 0.271 e. The van der Waals surface area contributed by atoms with Crippen LogP contribution in [0.5, 0.6) is 0 Å². The van der Waals surface area contributed by atoms with Crippen molar-refractivity contribution in [2.24, 2.45) is 0 Å². The van der Waals surface area contributed by atoms with Crippen molar-refractivity contribution in [2.75, 3.05) is 4.72 Å². The van der Waals surface area contributed by atoms with Gasteiger partial charge in [-0.2, -0.15) is 5.10 Å². The summed E-state index contributed by atoms with van der Waals surface area (Å²) in [6, 6.07) is 6.45. The summed E-state index contributed by atoms with van der Waals surface area (Å²) in [7, 11) is -3.68. The highest BCUT2D eigenvalue weighted by atomic mass is 35.5. The van der Waals surface area contributed by atoms with Gasteiger partial charge in [-0.15, -0.1) is 11.3 Å². The van der Waals surface area contributed by atoms with Gasteiger partial charge in [0.15, 0.2) is 11.5 Å². The number of hydrogen-bond acceptors (Lipinski definition) is 5. The zero-order valence-electron chi connectivity index (χ0n) is 11.2. The van der Waals surface area contributed by atoms with Crippen molar-refractivity contribution < 1.29 is 8.42 Å². The molecule has 0 aliphatic heterocycles. The van der Waals surface area contributed by atoms with Gasteiger partial charge in [0.25, 0.3) is 10.0 Å². The fourth-order valence-electron chi connectivity index (χ4n) is 2.15. The Bertz CT molecular complexity index is 959. The number of hydrogen-bond donors (Lipinski definition) is 1. The van der Waals surface area contributed by atoms with Crippen LogP contribution in [0, 0.1) is 0 Å². The van der Waals surface area contributed by atoms with Crippen molar-refractivity contribution in [1.82, 2.24) is 14.6 Å². The molecule has 1 fully saturated rings. The fraction of sp³-hybridized carbons (Fsp3) is 0.231. The second kappa shape index (κ2) is 4.94. The summed E-state index contributed by atoms with van der Waals surface area (Å²) < 4.78 is 29.6. The van der Waals surface area contributed by atoms with Crippen LogP contribution in [0.1, 0.15) is 24.6 Å². The third-order valence-corrected chi connectivity index (χ3v) is 6.47. The van der Waals surface area contributed by atoms with E-state index in [1.165, 1.54) is 6.07 Å². The molecular weight excluding hydrogens is 344 g/mol. The molecule has 1 N–H and O–H groups in total. The zero-order valence-corrected chi connectivity index (χ0v) is 13.6.